The standard InChI is InChI=1S/C18H32N2/c1-4-7-10-11-14-18(12-8-5-2,13-9-6-3)17(15-19)16-20/h17H,4-14H2,1-3H3. The van der Waals surface area contributed by atoms with Gasteiger partial charge >= 0.3 is 0 Å². The van der Waals surface area contributed by atoms with Crippen LogP contribution in [0.4, 0.5) is 0 Å². The van der Waals surface area contributed by atoms with E-state index in [4.69, 9.17) is 0 Å². The zero-order chi connectivity index (χ0) is 15.3. The van der Waals surface area contributed by atoms with Gasteiger partial charge in [0.15, 0.2) is 0 Å². The molecule has 0 atom stereocenters. The zero-order valence-corrected chi connectivity index (χ0v) is 13.7. The highest BCUT2D eigenvalue weighted by Gasteiger charge is 2.37. The summed E-state index contributed by atoms with van der Waals surface area (Å²) in [6.45, 7) is 6.60. The Hall–Kier alpha value is -1.02. The van der Waals surface area contributed by atoms with Gasteiger partial charge < -0.3 is 0 Å². The number of nitrogens with zero attached hydrogens (tertiary/aromatic N) is 2. The third-order valence-electron chi connectivity index (χ3n) is 4.46. The van der Waals surface area contributed by atoms with E-state index in [2.05, 4.69) is 32.9 Å². The van der Waals surface area contributed by atoms with Crippen LogP contribution >= 0.6 is 0 Å². The topological polar surface area (TPSA) is 47.6 Å². The van der Waals surface area contributed by atoms with Crippen molar-refractivity contribution in [2.45, 2.75) is 91.4 Å². The van der Waals surface area contributed by atoms with E-state index in [1.807, 2.05) is 0 Å². The molecule has 0 aliphatic carbocycles. The summed E-state index contributed by atoms with van der Waals surface area (Å²) in [5.41, 5.74) is -0.0523. The van der Waals surface area contributed by atoms with Gasteiger partial charge in [-0.2, -0.15) is 10.5 Å². The lowest BCUT2D eigenvalue weighted by molar-refractivity contribution is 0.165. The molecule has 0 saturated carbocycles. The molecule has 0 aromatic carbocycles. The van der Waals surface area contributed by atoms with Crippen molar-refractivity contribution in [3.8, 4) is 12.1 Å². The highest BCUT2D eigenvalue weighted by Crippen LogP contribution is 2.43. The predicted molar refractivity (Wildman–Crippen MR) is 85.0 cm³/mol. The van der Waals surface area contributed by atoms with Crippen molar-refractivity contribution in [1.29, 1.82) is 10.5 Å². The molecule has 2 heteroatoms. The number of hydrogen-bond donors (Lipinski definition) is 0. The van der Waals surface area contributed by atoms with E-state index in [1.165, 1.54) is 25.7 Å². The molecule has 20 heavy (non-hydrogen) atoms. The molecule has 0 aromatic rings. The van der Waals surface area contributed by atoms with Crippen LogP contribution in [0.3, 0.4) is 0 Å². The fourth-order valence-corrected chi connectivity index (χ4v) is 3.07. The Morgan fingerprint density at radius 2 is 1.15 bits per heavy atom. The summed E-state index contributed by atoms with van der Waals surface area (Å²) >= 11 is 0. The van der Waals surface area contributed by atoms with Crippen LogP contribution in [-0.4, -0.2) is 0 Å². The van der Waals surface area contributed by atoms with Crippen LogP contribution in [0.15, 0.2) is 0 Å². The van der Waals surface area contributed by atoms with Crippen LogP contribution in [0, 0.1) is 34.0 Å². The second-order valence-corrected chi connectivity index (χ2v) is 6.07. The van der Waals surface area contributed by atoms with E-state index < -0.39 is 5.92 Å². The summed E-state index contributed by atoms with van der Waals surface area (Å²) in [7, 11) is 0. The Bertz CT molecular complexity index is 286. The third-order valence-corrected chi connectivity index (χ3v) is 4.46. The van der Waals surface area contributed by atoms with Crippen molar-refractivity contribution in [2.75, 3.05) is 0 Å². The van der Waals surface area contributed by atoms with Crippen molar-refractivity contribution < 1.29 is 0 Å². The molecule has 0 aliphatic rings. The molecule has 0 heterocycles. The van der Waals surface area contributed by atoms with Crippen molar-refractivity contribution in [3.63, 3.8) is 0 Å². The van der Waals surface area contributed by atoms with Crippen LogP contribution in [0.5, 0.6) is 0 Å². The first kappa shape index (κ1) is 19.0. The summed E-state index contributed by atoms with van der Waals surface area (Å²) in [4.78, 5) is 0. The lowest BCUT2D eigenvalue weighted by atomic mass is 9.66. The van der Waals surface area contributed by atoms with Gasteiger partial charge in [-0.3, -0.25) is 0 Å². The molecular weight excluding hydrogens is 244 g/mol. The van der Waals surface area contributed by atoms with E-state index in [0.717, 1.165) is 44.9 Å². The molecule has 0 N–H and O–H groups in total. The lowest BCUT2D eigenvalue weighted by Crippen LogP contribution is -2.29. The zero-order valence-electron chi connectivity index (χ0n) is 13.7. The maximum atomic E-state index is 9.39. The van der Waals surface area contributed by atoms with E-state index in [-0.39, 0.29) is 5.41 Å². The van der Waals surface area contributed by atoms with Crippen molar-refractivity contribution in [2.24, 2.45) is 11.3 Å². The monoisotopic (exact) mass is 276 g/mol. The first-order valence-corrected chi connectivity index (χ1v) is 8.50. The van der Waals surface area contributed by atoms with E-state index in [0.29, 0.717) is 0 Å². The summed E-state index contributed by atoms with van der Waals surface area (Å²) in [5, 5.41) is 18.8. The molecule has 0 saturated heterocycles. The van der Waals surface area contributed by atoms with Gasteiger partial charge in [0.1, 0.15) is 5.92 Å². The molecule has 0 amide bonds. The predicted octanol–water partition coefficient (Wildman–Crippen LogP) is 5.99. The number of hydrogen-bond acceptors (Lipinski definition) is 2. The normalized spacial score (nSPS) is 11.3. The first-order chi connectivity index (χ1) is 9.70. The average Bonchev–Trinajstić information content (AvgIpc) is 2.48. The third kappa shape index (κ3) is 6.42. The fourth-order valence-electron chi connectivity index (χ4n) is 3.07. The number of rotatable bonds is 12. The summed E-state index contributed by atoms with van der Waals surface area (Å²) in [6, 6.07) is 4.58. The van der Waals surface area contributed by atoms with Gasteiger partial charge in [-0.05, 0) is 24.7 Å². The van der Waals surface area contributed by atoms with Gasteiger partial charge in [0, 0.05) is 0 Å². The van der Waals surface area contributed by atoms with Gasteiger partial charge in [0.25, 0.3) is 0 Å². The molecule has 0 spiro atoms. The Labute approximate surface area is 126 Å². The van der Waals surface area contributed by atoms with Crippen molar-refractivity contribution >= 4 is 0 Å². The van der Waals surface area contributed by atoms with Crippen LogP contribution in [0.2, 0.25) is 0 Å². The smallest absolute Gasteiger partial charge is 0.138 e. The quantitative estimate of drug-likeness (QED) is 0.411. The maximum absolute atomic E-state index is 9.39. The van der Waals surface area contributed by atoms with Gasteiger partial charge in [0.05, 0.1) is 12.1 Å². The molecule has 2 nitrogen and oxygen atoms in total. The molecule has 0 unspecified atom stereocenters. The van der Waals surface area contributed by atoms with Crippen LogP contribution in [0.1, 0.15) is 91.4 Å². The van der Waals surface area contributed by atoms with Gasteiger partial charge in [-0.1, -0.05) is 72.1 Å². The van der Waals surface area contributed by atoms with Gasteiger partial charge in [0.2, 0.25) is 0 Å². The Morgan fingerprint density at radius 3 is 1.55 bits per heavy atom. The van der Waals surface area contributed by atoms with Crippen molar-refractivity contribution in [3.05, 3.63) is 0 Å². The minimum absolute atomic E-state index is 0.0523. The van der Waals surface area contributed by atoms with Gasteiger partial charge in [-0.15, -0.1) is 0 Å². The highest BCUT2D eigenvalue weighted by molar-refractivity contribution is 5.09. The Kier molecular flexibility index (Phi) is 11.2. The molecule has 0 fully saturated rings. The largest absolute Gasteiger partial charge is 0.197 e. The van der Waals surface area contributed by atoms with E-state index in [1.54, 1.807) is 0 Å². The van der Waals surface area contributed by atoms with Crippen LogP contribution < -0.4 is 0 Å². The molecule has 114 valence electrons. The minimum Gasteiger partial charge on any atom is -0.197 e. The Balaban J connectivity index is 4.89. The summed E-state index contributed by atoms with van der Waals surface area (Å²) in [6.07, 6.45) is 12.6. The molecule has 0 rings (SSSR count). The highest BCUT2D eigenvalue weighted by atomic mass is 14.4. The first-order valence-electron chi connectivity index (χ1n) is 8.50. The SMILES string of the molecule is CCCCCCC(CCCC)(CCCC)C(C#N)C#N. The van der Waals surface area contributed by atoms with Gasteiger partial charge in [-0.25, -0.2) is 0 Å². The Morgan fingerprint density at radius 1 is 0.700 bits per heavy atom. The second-order valence-electron chi connectivity index (χ2n) is 6.07. The minimum atomic E-state index is -0.428. The molecular formula is C18H32N2. The second kappa shape index (κ2) is 11.8. The lowest BCUT2D eigenvalue weighted by Gasteiger charge is -2.35. The molecule has 0 aromatic heterocycles. The van der Waals surface area contributed by atoms with Crippen molar-refractivity contribution in [1.82, 2.24) is 0 Å². The fraction of sp³-hybridized carbons (Fsp3) is 0.889. The molecule has 0 radical (unpaired) electrons. The van der Waals surface area contributed by atoms with Crippen LogP contribution in [0.25, 0.3) is 0 Å². The average molecular weight is 276 g/mol. The summed E-state index contributed by atoms with van der Waals surface area (Å²) in [5.74, 6) is -0.428. The molecule has 0 bridgehead atoms. The molecule has 0 aliphatic heterocycles. The number of unbranched alkanes of at least 4 members (excludes halogenated alkanes) is 5. The maximum Gasteiger partial charge on any atom is 0.138 e. The summed E-state index contributed by atoms with van der Waals surface area (Å²) < 4.78 is 0. The van der Waals surface area contributed by atoms with E-state index >= 15 is 0 Å². The van der Waals surface area contributed by atoms with Crippen LogP contribution in [-0.2, 0) is 0 Å². The van der Waals surface area contributed by atoms with E-state index in [9.17, 15) is 10.5 Å². The number of nitriles is 2.